The number of aromatic nitrogens is 1. The molecule has 4 rings (SSSR count). The Balaban J connectivity index is 1.43. The Labute approximate surface area is 153 Å². The van der Waals surface area contributed by atoms with Crippen molar-refractivity contribution in [1.82, 2.24) is 10.3 Å². The first kappa shape index (κ1) is 16.6. The van der Waals surface area contributed by atoms with Gasteiger partial charge in [-0.15, -0.1) is 0 Å². The van der Waals surface area contributed by atoms with Crippen molar-refractivity contribution in [2.45, 2.75) is 19.4 Å². The molecule has 3 heteroatoms. The van der Waals surface area contributed by atoms with E-state index in [-0.39, 0.29) is 0 Å². The number of hydrogen-bond donors (Lipinski definition) is 1. The molecule has 0 aliphatic carbocycles. The molecule has 130 valence electrons. The lowest BCUT2D eigenvalue weighted by molar-refractivity contribution is 0.567. The van der Waals surface area contributed by atoms with Gasteiger partial charge >= 0.3 is 0 Å². The van der Waals surface area contributed by atoms with E-state index in [4.69, 9.17) is 4.42 Å². The van der Waals surface area contributed by atoms with Crippen LogP contribution in [0.3, 0.4) is 0 Å². The predicted octanol–water partition coefficient (Wildman–Crippen LogP) is 5.39. The number of benzene rings is 3. The first-order valence-corrected chi connectivity index (χ1v) is 8.99. The third-order valence-electron chi connectivity index (χ3n) is 4.70. The second kappa shape index (κ2) is 7.54. The number of nitrogens with zero attached hydrogens (tertiary/aromatic N) is 1. The first-order valence-electron chi connectivity index (χ1n) is 8.99. The smallest absolute Gasteiger partial charge is 0.226 e. The fourth-order valence-corrected chi connectivity index (χ4v) is 3.24. The maximum atomic E-state index is 5.75. The summed E-state index contributed by atoms with van der Waals surface area (Å²) < 4.78 is 5.75. The fraction of sp³-hybridized carbons (Fsp3) is 0.174. The largest absolute Gasteiger partial charge is 0.444 e. The van der Waals surface area contributed by atoms with Crippen molar-refractivity contribution in [2.24, 2.45) is 0 Å². The molecule has 0 aliphatic heterocycles. The van der Waals surface area contributed by atoms with Gasteiger partial charge in [-0.1, -0.05) is 73.7 Å². The van der Waals surface area contributed by atoms with Gasteiger partial charge in [-0.05, 0) is 28.3 Å². The molecule has 1 N–H and O–H groups in total. The summed E-state index contributed by atoms with van der Waals surface area (Å²) in [6.07, 6.45) is 1.75. The maximum Gasteiger partial charge on any atom is 0.226 e. The molecule has 0 bridgehead atoms. The third-order valence-corrected chi connectivity index (χ3v) is 4.70. The first-order chi connectivity index (χ1) is 12.8. The summed E-state index contributed by atoms with van der Waals surface area (Å²) in [4.78, 5) is 4.67. The van der Waals surface area contributed by atoms with Gasteiger partial charge in [0, 0.05) is 18.7 Å². The Kier molecular flexibility index (Phi) is 4.80. The lowest BCUT2D eigenvalue weighted by Gasteiger charge is -2.12. The van der Waals surface area contributed by atoms with Gasteiger partial charge in [0.05, 0.1) is 5.69 Å². The average Bonchev–Trinajstić information content (AvgIpc) is 3.17. The number of hydrogen-bond acceptors (Lipinski definition) is 3. The Morgan fingerprint density at radius 3 is 2.58 bits per heavy atom. The van der Waals surface area contributed by atoms with Crippen LogP contribution in [-0.2, 0) is 6.54 Å². The molecular formula is C23H22N2O. The SMILES string of the molecule is CC(CNCc1coc(-c2cccc3ccccc23)n1)c1ccccc1. The zero-order chi connectivity index (χ0) is 17.8. The number of oxazole rings is 1. The van der Waals surface area contributed by atoms with Gasteiger partial charge in [-0.3, -0.25) is 0 Å². The predicted molar refractivity (Wildman–Crippen MR) is 106 cm³/mol. The van der Waals surface area contributed by atoms with Gasteiger partial charge in [0.25, 0.3) is 0 Å². The van der Waals surface area contributed by atoms with Crippen LogP contribution in [0.5, 0.6) is 0 Å². The molecule has 0 radical (unpaired) electrons. The van der Waals surface area contributed by atoms with Crippen LogP contribution in [0.15, 0.2) is 83.5 Å². The molecule has 0 saturated heterocycles. The molecule has 1 aromatic heterocycles. The van der Waals surface area contributed by atoms with E-state index in [1.54, 1.807) is 6.26 Å². The highest BCUT2D eigenvalue weighted by atomic mass is 16.3. The average molecular weight is 342 g/mol. The van der Waals surface area contributed by atoms with E-state index in [0.717, 1.165) is 23.2 Å². The molecular weight excluding hydrogens is 320 g/mol. The van der Waals surface area contributed by atoms with Crippen LogP contribution in [0.2, 0.25) is 0 Å². The van der Waals surface area contributed by atoms with E-state index < -0.39 is 0 Å². The van der Waals surface area contributed by atoms with Crippen molar-refractivity contribution in [3.05, 3.63) is 90.3 Å². The van der Waals surface area contributed by atoms with Crippen LogP contribution in [0.1, 0.15) is 24.1 Å². The van der Waals surface area contributed by atoms with Crippen molar-refractivity contribution in [3.8, 4) is 11.5 Å². The molecule has 26 heavy (non-hydrogen) atoms. The standard InChI is InChI=1S/C23H22N2O/c1-17(18-8-3-2-4-9-18)14-24-15-20-16-26-23(25-20)22-13-7-11-19-10-5-6-12-21(19)22/h2-13,16-17,24H,14-15H2,1H3. The van der Waals surface area contributed by atoms with Gasteiger partial charge in [-0.25, -0.2) is 4.98 Å². The molecule has 1 unspecified atom stereocenters. The molecule has 0 aliphatic rings. The van der Waals surface area contributed by atoms with Crippen LogP contribution < -0.4 is 5.32 Å². The minimum Gasteiger partial charge on any atom is -0.444 e. The van der Waals surface area contributed by atoms with E-state index in [9.17, 15) is 0 Å². The lowest BCUT2D eigenvalue weighted by Crippen LogP contribution is -2.19. The minimum absolute atomic E-state index is 0.459. The highest BCUT2D eigenvalue weighted by Crippen LogP contribution is 2.27. The van der Waals surface area contributed by atoms with E-state index >= 15 is 0 Å². The second-order valence-corrected chi connectivity index (χ2v) is 6.61. The summed E-state index contributed by atoms with van der Waals surface area (Å²) in [5.74, 6) is 1.13. The Hall–Kier alpha value is -2.91. The normalized spacial score (nSPS) is 12.3. The van der Waals surface area contributed by atoms with E-state index in [2.05, 4.69) is 65.8 Å². The fourth-order valence-electron chi connectivity index (χ4n) is 3.24. The summed E-state index contributed by atoms with van der Waals surface area (Å²) in [5.41, 5.74) is 3.30. The van der Waals surface area contributed by atoms with Crippen molar-refractivity contribution < 1.29 is 4.42 Å². The summed E-state index contributed by atoms with van der Waals surface area (Å²) >= 11 is 0. The molecule has 1 atom stereocenters. The van der Waals surface area contributed by atoms with Crippen LogP contribution in [0, 0.1) is 0 Å². The van der Waals surface area contributed by atoms with Crippen LogP contribution in [-0.4, -0.2) is 11.5 Å². The quantitative estimate of drug-likeness (QED) is 0.511. The van der Waals surface area contributed by atoms with Crippen molar-refractivity contribution in [3.63, 3.8) is 0 Å². The summed E-state index contributed by atoms with van der Waals surface area (Å²) in [5, 5.41) is 5.83. The summed E-state index contributed by atoms with van der Waals surface area (Å²) in [7, 11) is 0. The van der Waals surface area contributed by atoms with E-state index in [0.29, 0.717) is 18.4 Å². The van der Waals surface area contributed by atoms with Crippen molar-refractivity contribution in [2.75, 3.05) is 6.54 Å². The highest BCUT2D eigenvalue weighted by molar-refractivity contribution is 5.94. The van der Waals surface area contributed by atoms with Crippen molar-refractivity contribution >= 4 is 10.8 Å². The molecule has 0 saturated carbocycles. The maximum absolute atomic E-state index is 5.75. The monoisotopic (exact) mass is 342 g/mol. The van der Waals surface area contributed by atoms with Crippen LogP contribution >= 0.6 is 0 Å². The molecule has 0 fully saturated rings. The second-order valence-electron chi connectivity index (χ2n) is 6.61. The Morgan fingerprint density at radius 2 is 1.69 bits per heavy atom. The van der Waals surface area contributed by atoms with E-state index in [1.807, 2.05) is 24.3 Å². The van der Waals surface area contributed by atoms with Crippen LogP contribution in [0.25, 0.3) is 22.2 Å². The molecule has 1 heterocycles. The number of fused-ring (bicyclic) bond motifs is 1. The molecule has 0 amide bonds. The molecule has 4 aromatic rings. The van der Waals surface area contributed by atoms with Gasteiger partial charge in [0.2, 0.25) is 5.89 Å². The van der Waals surface area contributed by atoms with Crippen LogP contribution in [0.4, 0.5) is 0 Å². The molecule has 3 aromatic carbocycles. The van der Waals surface area contributed by atoms with Gasteiger partial charge in [0.15, 0.2) is 0 Å². The number of nitrogens with one attached hydrogen (secondary N) is 1. The van der Waals surface area contributed by atoms with Gasteiger partial charge < -0.3 is 9.73 Å². The van der Waals surface area contributed by atoms with Crippen molar-refractivity contribution in [1.29, 1.82) is 0 Å². The zero-order valence-electron chi connectivity index (χ0n) is 14.9. The van der Waals surface area contributed by atoms with Gasteiger partial charge in [0.1, 0.15) is 6.26 Å². The lowest BCUT2D eigenvalue weighted by atomic mass is 10.0. The zero-order valence-corrected chi connectivity index (χ0v) is 14.9. The minimum atomic E-state index is 0.459. The Bertz CT molecular complexity index is 986. The third kappa shape index (κ3) is 3.53. The summed E-state index contributed by atoms with van der Waals surface area (Å²) in [6.45, 7) is 3.83. The topological polar surface area (TPSA) is 38.1 Å². The number of rotatable bonds is 6. The summed E-state index contributed by atoms with van der Waals surface area (Å²) in [6, 6.07) is 25.1. The van der Waals surface area contributed by atoms with E-state index in [1.165, 1.54) is 10.9 Å². The highest BCUT2D eigenvalue weighted by Gasteiger charge is 2.10. The molecule has 0 spiro atoms. The Morgan fingerprint density at radius 1 is 0.923 bits per heavy atom. The van der Waals surface area contributed by atoms with Gasteiger partial charge in [-0.2, -0.15) is 0 Å². The molecule has 3 nitrogen and oxygen atoms in total.